The number of carbonyl (C=O) groups excluding carboxylic acids is 2. The number of allylic oxidation sites excluding steroid dienone is 2. The van der Waals surface area contributed by atoms with E-state index < -0.39 is 12.2 Å². The minimum absolute atomic E-state index is 0.0935. The Hall–Kier alpha value is -1.26. The van der Waals surface area contributed by atoms with E-state index in [1.165, 1.54) is 0 Å². The molecule has 0 aliphatic heterocycles. The van der Waals surface area contributed by atoms with E-state index in [4.69, 9.17) is 0 Å². The molecule has 1 aliphatic rings. The van der Waals surface area contributed by atoms with Gasteiger partial charge in [0, 0.05) is 24.7 Å². The Bertz CT molecular complexity index is 467. The summed E-state index contributed by atoms with van der Waals surface area (Å²) in [6.45, 7) is 3.72. The zero-order valence-corrected chi connectivity index (χ0v) is 15.7. The lowest BCUT2D eigenvalue weighted by Crippen LogP contribution is -2.18. The number of hydrogen-bond donors (Lipinski definition) is 2. The first-order valence-corrected chi connectivity index (χ1v) is 9.67. The standard InChI is InChI=1S/C21H34O4/c1-3-4-7-11-17(23)13-14-19-18(20(24)15-21(19)25)12-9-6-5-8-10-16(2)22/h6,9,13-14,17-19,21,23,25H,3-5,7-8,10-12,15H2,1-2H3/b9-6+,14-13+. The van der Waals surface area contributed by atoms with Crippen molar-refractivity contribution in [2.24, 2.45) is 11.8 Å². The highest BCUT2D eigenvalue weighted by molar-refractivity contribution is 5.84. The van der Waals surface area contributed by atoms with Gasteiger partial charge in [0.05, 0.1) is 12.2 Å². The molecule has 0 bridgehead atoms. The first-order valence-electron chi connectivity index (χ1n) is 9.67. The van der Waals surface area contributed by atoms with Crippen LogP contribution in [-0.2, 0) is 9.59 Å². The van der Waals surface area contributed by atoms with Crippen molar-refractivity contribution in [3.8, 4) is 0 Å². The van der Waals surface area contributed by atoms with Crippen LogP contribution in [0.2, 0.25) is 0 Å². The zero-order valence-electron chi connectivity index (χ0n) is 15.7. The van der Waals surface area contributed by atoms with Crippen LogP contribution < -0.4 is 0 Å². The van der Waals surface area contributed by atoms with Crippen molar-refractivity contribution in [2.45, 2.75) is 83.8 Å². The third-order valence-corrected chi connectivity index (χ3v) is 4.85. The third-order valence-electron chi connectivity index (χ3n) is 4.85. The maximum absolute atomic E-state index is 12.1. The number of unbranched alkanes of at least 4 members (excludes halogenated alkanes) is 3. The fourth-order valence-electron chi connectivity index (χ4n) is 3.31. The van der Waals surface area contributed by atoms with Crippen molar-refractivity contribution in [1.82, 2.24) is 0 Å². The number of ketones is 2. The Labute approximate surface area is 152 Å². The second-order valence-corrected chi connectivity index (χ2v) is 7.17. The molecule has 0 radical (unpaired) electrons. The van der Waals surface area contributed by atoms with Gasteiger partial charge >= 0.3 is 0 Å². The van der Waals surface area contributed by atoms with Crippen LogP contribution in [-0.4, -0.2) is 34.0 Å². The van der Waals surface area contributed by atoms with Crippen LogP contribution in [0, 0.1) is 11.8 Å². The minimum atomic E-state index is -0.650. The van der Waals surface area contributed by atoms with Crippen LogP contribution in [0.15, 0.2) is 24.3 Å². The first-order chi connectivity index (χ1) is 12.0. The van der Waals surface area contributed by atoms with Crippen molar-refractivity contribution in [2.75, 3.05) is 0 Å². The van der Waals surface area contributed by atoms with Crippen molar-refractivity contribution in [3.63, 3.8) is 0 Å². The molecule has 0 amide bonds. The Morgan fingerprint density at radius 1 is 1.28 bits per heavy atom. The average Bonchev–Trinajstić information content (AvgIpc) is 2.82. The van der Waals surface area contributed by atoms with E-state index in [1.807, 2.05) is 18.2 Å². The maximum Gasteiger partial charge on any atom is 0.139 e. The number of Topliss-reactive ketones (excluding diaryl/α,β-unsaturated/α-hetero) is 2. The molecule has 25 heavy (non-hydrogen) atoms. The summed E-state index contributed by atoms with van der Waals surface area (Å²) in [5, 5.41) is 20.1. The minimum Gasteiger partial charge on any atom is -0.392 e. The van der Waals surface area contributed by atoms with Gasteiger partial charge in [-0.05, 0) is 32.6 Å². The molecule has 0 aromatic heterocycles. The molecule has 4 atom stereocenters. The SMILES string of the molecule is CCCCCC(O)/C=C/C1C(O)CC(=O)C1C/C=C/CCCC(C)=O. The summed E-state index contributed by atoms with van der Waals surface area (Å²) in [5.41, 5.74) is 0. The highest BCUT2D eigenvalue weighted by Gasteiger charge is 2.39. The molecule has 1 saturated carbocycles. The number of hydrogen-bond acceptors (Lipinski definition) is 4. The molecule has 2 N–H and O–H groups in total. The van der Waals surface area contributed by atoms with Crippen molar-refractivity contribution in [1.29, 1.82) is 0 Å². The zero-order chi connectivity index (χ0) is 18.7. The van der Waals surface area contributed by atoms with Gasteiger partial charge in [0.15, 0.2) is 0 Å². The Morgan fingerprint density at radius 3 is 2.72 bits per heavy atom. The highest BCUT2D eigenvalue weighted by Crippen LogP contribution is 2.33. The molecule has 1 fully saturated rings. The predicted molar refractivity (Wildman–Crippen MR) is 100 cm³/mol. The Morgan fingerprint density at radius 2 is 2.04 bits per heavy atom. The molecule has 142 valence electrons. The van der Waals surface area contributed by atoms with Crippen LogP contribution in [0.5, 0.6) is 0 Å². The molecular weight excluding hydrogens is 316 g/mol. The van der Waals surface area contributed by atoms with Gasteiger partial charge in [0.25, 0.3) is 0 Å². The summed E-state index contributed by atoms with van der Waals surface area (Å²) < 4.78 is 0. The van der Waals surface area contributed by atoms with Gasteiger partial charge in [-0.1, -0.05) is 50.5 Å². The maximum atomic E-state index is 12.1. The molecule has 0 saturated heterocycles. The first kappa shape index (κ1) is 21.8. The second kappa shape index (κ2) is 12.2. The van der Waals surface area contributed by atoms with E-state index in [-0.39, 0.29) is 29.8 Å². The lowest BCUT2D eigenvalue weighted by molar-refractivity contribution is -0.121. The van der Waals surface area contributed by atoms with Crippen LogP contribution in [0.1, 0.15) is 71.6 Å². The predicted octanol–water partition coefficient (Wildman–Crippen LogP) is 3.76. The van der Waals surface area contributed by atoms with Gasteiger partial charge in [0.2, 0.25) is 0 Å². The highest BCUT2D eigenvalue weighted by atomic mass is 16.3. The van der Waals surface area contributed by atoms with E-state index >= 15 is 0 Å². The van der Waals surface area contributed by atoms with Crippen LogP contribution >= 0.6 is 0 Å². The normalized spacial score (nSPS) is 25.3. The van der Waals surface area contributed by atoms with Crippen molar-refractivity contribution in [3.05, 3.63) is 24.3 Å². The molecule has 1 aliphatic carbocycles. The molecule has 1 rings (SSSR count). The van der Waals surface area contributed by atoms with Gasteiger partial charge in [-0.3, -0.25) is 4.79 Å². The fourth-order valence-corrected chi connectivity index (χ4v) is 3.31. The lowest BCUT2D eigenvalue weighted by Gasteiger charge is -2.16. The molecule has 4 heteroatoms. The smallest absolute Gasteiger partial charge is 0.139 e. The summed E-state index contributed by atoms with van der Waals surface area (Å²) in [5.74, 6) is -0.130. The summed E-state index contributed by atoms with van der Waals surface area (Å²) in [4.78, 5) is 23.0. The number of aliphatic hydroxyl groups is 2. The van der Waals surface area contributed by atoms with Gasteiger partial charge < -0.3 is 15.0 Å². The molecule has 4 nitrogen and oxygen atoms in total. The van der Waals surface area contributed by atoms with Crippen molar-refractivity contribution < 1.29 is 19.8 Å². The van der Waals surface area contributed by atoms with Crippen LogP contribution in [0.25, 0.3) is 0 Å². The third kappa shape index (κ3) is 8.59. The summed E-state index contributed by atoms with van der Waals surface area (Å²) >= 11 is 0. The lowest BCUT2D eigenvalue weighted by atomic mass is 9.90. The van der Waals surface area contributed by atoms with Gasteiger partial charge in [0.1, 0.15) is 11.6 Å². The van der Waals surface area contributed by atoms with Crippen LogP contribution in [0.4, 0.5) is 0 Å². The van der Waals surface area contributed by atoms with E-state index in [0.717, 1.165) is 38.5 Å². The number of aliphatic hydroxyl groups excluding tert-OH is 2. The summed E-state index contributed by atoms with van der Waals surface area (Å²) in [6.07, 6.45) is 13.4. The molecule has 0 spiro atoms. The fraction of sp³-hybridized carbons (Fsp3) is 0.714. The monoisotopic (exact) mass is 350 g/mol. The Balaban J connectivity index is 2.48. The van der Waals surface area contributed by atoms with E-state index in [2.05, 4.69) is 6.92 Å². The van der Waals surface area contributed by atoms with Crippen LogP contribution in [0.3, 0.4) is 0 Å². The summed E-state index contributed by atoms with van der Waals surface area (Å²) in [7, 11) is 0. The molecule has 4 unspecified atom stereocenters. The van der Waals surface area contributed by atoms with Crippen molar-refractivity contribution >= 4 is 11.6 Å². The summed E-state index contributed by atoms with van der Waals surface area (Å²) in [6, 6.07) is 0. The molecular formula is C21H34O4. The van der Waals surface area contributed by atoms with E-state index in [9.17, 15) is 19.8 Å². The van der Waals surface area contributed by atoms with E-state index in [1.54, 1.807) is 13.0 Å². The van der Waals surface area contributed by atoms with Gasteiger partial charge in [-0.15, -0.1) is 0 Å². The second-order valence-electron chi connectivity index (χ2n) is 7.17. The van der Waals surface area contributed by atoms with E-state index in [0.29, 0.717) is 12.8 Å². The Kier molecular flexibility index (Phi) is 10.6. The quantitative estimate of drug-likeness (QED) is 0.415. The molecule has 0 aromatic rings. The molecule has 0 heterocycles. The average molecular weight is 350 g/mol. The largest absolute Gasteiger partial charge is 0.392 e. The van der Waals surface area contributed by atoms with Gasteiger partial charge in [-0.25, -0.2) is 0 Å². The number of carbonyl (C=O) groups is 2. The van der Waals surface area contributed by atoms with Gasteiger partial charge in [-0.2, -0.15) is 0 Å². The molecule has 0 aromatic carbocycles. The number of rotatable bonds is 12. The topological polar surface area (TPSA) is 74.6 Å².